The van der Waals surface area contributed by atoms with Gasteiger partial charge in [0.15, 0.2) is 0 Å². The molecule has 2 N–H and O–H groups in total. The van der Waals surface area contributed by atoms with E-state index in [-0.39, 0.29) is 23.9 Å². The molecule has 5 rings (SSSR count). The average Bonchev–Trinajstić information content (AvgIpc) is 3.28. The molecule has 2 aliphatic rings. The number of nitrogens with one attached hydrogen (secondary N) is 1. The van der Waals surface area contributed by atoms with Crippen molar-refractivity contribution < 1.29 is 24.2 Å². The Morgan fingerprint density at radius 2 is 1.73 bits per heavy atom. The number of nitrogens with zero attached hydrogens (tertiary/aromatic N) is 3. The largest absolute Gasteiger partial charge is 0.480 e. The van der Waals surface area contributed by atoms with Crippen LogP contribution in [0.25, 0.3) is 11.1 Å². The third kappa shape index (κ3) is 3.51. The highest BCUT2D eigenvalue weighted by Gasteiger charge is 2.40. The molecule has 1 atom stereocenters. The highest BCUT2D eigenvalue weighted by Crippen LogP contribution is 2.44. The van der Waals surface area contributed by atoms with Gasteiger partial charge in [0.1, 0.15) is 18.3 Å². The number of hydrogen-bond acceptors (Lipinski definition) is 5. The average molecular weight is 446 g/mol. The first kappa shape index (κ1) is 20.7. The van der Waals surface area contributed by atoms with Gasteiger partial charge in [-0.05, 0) is 28.7 Å². The Labute approximate surface area is 189 Å². The number of aryl methyl sites for hydroxylation is 1. The zero-order chi connectivity index (χ0) is 23.1. The van der Waals surface area contributed by atoms with Crippen LogP contribution in [-0.2, 0) is 16.6 Å². The van der Waals surface area contributed by atoms with Crippen LogP contribution in [0.2, 0.25) is 0 Å². The van der Waals surface area contributed by atoms with E-state index in [1.807, 2.05) is 36.4 Å². The summed E-state index contributed by atoms with van der Waals surface area (Å²) in [6, 6.07) is 15.2. The molecule has 0 bridgehead atoms. The van der Waals surface area contributed by atoms with Crippen LogP contribution in [0, 0.1) is 0 Å². The van der Waals surface area contributed by atoms with Gasteiger partial charge in [-0.2, -0.15) is 5.10 Å². The molecule has 168 valence electrons. The summed E-state index contributed by atoms with van der Waals surface area (Å²) in [5.74, 6) is -1.64. The molecule has 2 heterocycles. The van der Waals surface area contributed by atoms with Crippen LogP contribution >= 0.6 is 0 Å². The van der Waals surface area contributed by atoms with E-state index in [1.54, 1.807) is 7.05 Å². The molecule has 1 fully saturated rings. The second kappa shape index (κ2) is 8.09. The Bertz CT molecular complexity index is 1220. The number of ether oxygens (including phenoxy) is 1. The van der Waals surface area contributed by atoms with Crippen molar-refractivity contribution in [2.75, 3.05) is 18.5 Å². The maximum atomic E-state index is 12.9. The molecule has 0 spiro atoms. The van der Waals surface area contributed by atoms with Gasteiger partial charge in [0.2, 0.25) is 0 Å². The highest BCUT2D eigenvalue weighted by molar-refractivity contribution is 6.03. The van der Waals surface area contributed by atoms with Gasteiger partial charge in [-0.25, -0.2) is 9.59 Å². The normalized spacial score (nSPS) is 16.5. The predicted molar refractivity (Wildman–Crippen MR) is 119 cm³/mol. The van der Waals surface area contributed by atoms with Crippen LogP contribution in [0.15, 0.2) is 54.7 Å². The van der Waals surface area contributed by atoms with Crippen molar-refractivity contribution in [2.45, 2.75) is 18.4 Å². The summed E-state index contributed by atoms with van der Waals surface area (Å²) in [6.07, 6.45) is 1.04. The summed E-state index contributed by atoms with van der Waals surface area (Å²) in [5.41, 5.74) is 4.74. The summed E-state index contributed by atoms with van der Waals surface area (Å²) in [5, 5.41) is 15.9. The second-order valence-electron chi connectivity index (χ2n) is 8.12. The Kier molecular flexibility index (Phi) is 5.08. The number of fused-ring (bicyclic) bond motifs is 3. The van der Waals surface area contributed by atoms with E-state index in [9.17, 15) is 19.5 Å². The van der Waals surface area contributed by atoms with Crippen molar-refractivity contribution in [1.82, 2.24) is 14.7 Å². The minimum atomic E-state index is -1.05. The summed E-state index contributed by atoms with van der Waals surface area (Å²) < 4.78 is 6.86. The van der Waals surface area contributed by atoms with Crippen molar-refractivity contribution in [3.05, 3.63) is 71.5 Å². The second-order valence-corrected chi connectivity index (χ2v) is 8.12. The minimum Gasteiger partial charge on any atom is -0.480 e. The Morgan fingerprint density at radius 3 is 2.30 bits per heavy atom. The van der Waals surface area contributed by atoms with Crippen molar-refractivity contribution in [2.24, 2.45) is 7.05 Å². The lowest BCUT2D eigenvalue weighted by Crippen LogP contribution is -2.55. The van der Waals surface area contributed by atoms with E-state index >= 15 is 0 Å². The van der Waals surface area contributed by atoms with Gasteiger partial charge >= 0.3 is 12.1 Å². The maximum Gasteiger partial charge on any atom is 0.411 e. The van der Waals surface area contributed by atoms with Crippen LogP contribution < -0.4 is 5.32 Å². The van der Waals surface area contributed by atoms with Crippen LogP contribution in [0.4, 0.5) is 10.5 Å². The first-order chi connectivity index (χ1) is 16.0. The molecule has 0 radical (unpaired) electrons. The standard InChI is InChI=1S/C24H22N4O5/c1-27-21(22(29)28-11-10-20(28)23(30)31)19(12-25-27)26-24(32)33-13-18-16-8-4-2-6-14(16)15-7-3-5-9-17(15)18/h2-9,12,18,20H,10-11,13H2,1H3,(H,26,32)(H,30,31). The zero-order valence-corrected chi connectivity index (χ0v) is 17.9. The van der Waals surface area contributed by atoms with Gasteiger partial charge < -0.3 is 14.7 Å². The summed E-state index contributed by atoms with van der Waals surface area (Å²) >= 11 is 0. The van der Waals surface area contributed by atoms with Gasteiger partial charge in [0.25, 0.3) is 5.91 Å². The number of amides is 2. The van der Waals surface area contributed by atoms with E-state index in [1.165, 1.54) is 15.8 Å². The van der Waals surface area contributed by atoms with Crippen molar-refractivity contribution in [1.29, 1.82) is 0 Å². The Morgan fingerprint density at radius 1 is 1.09 bits per heavy atom. The SMILES string of the molecule is Cn1ncc(NC(=O)OCC2c3ccccc3-c3ccccc32)c1C(=O)N1CCC1C(=O)O. The van der Waals surface area contributed by atoms with Gasteiger partial charge in [-0.15, -0.1) is 0 Å². The molecule has 2 aromatic carbocycles. The lowest BCUT2D eigenvalue weighted by Gasteiger charge is -2.37. The molecule has 3 aromatic rings. The fourth-order valence-electron chi connectivity index (χ4n) is 4.55. The Balaban J connectivity index is 1.30. The predicted octanol–water partition coefficient (Wildman–Crippen LogP) is 3.08. The number of benzene rings is 2. The number of likely N-dealkylation sites (tertiary alicyclic amines) is 1. The highest BCUT2D eigenvalue weighted by atomic mass is 16.5. The summed E-state index contributed by atoms with van der Waals surface area (Å²) in [4.78, 5) is 38.0. The maximum absolute atomic E-state index is 12.9. The smallest absolute Gasteiger partial charge is 0.411 e. The fraction of sp³-hybridized carbons (Fsp3) is 0.250. The molecule has 33 heavy (non-hydrogen) atoms. The van der Waals surface area contributed by atoms with Crippen LogP contribution in [0.5, 0.6) is 0 Å². The third-order valence-corrected chi connectivity index (χ3v) is 6.29. The molecule has 9 heteroatoms. The topological polar surface area (TPSA) is 114 Å². The van der Waals surface area contributed by atoms with Crippen LogP contribution in [0.3, 0.4) is 0 Å². The number of rotatable bonds is 5. The number of carbonyl (C=O) groups is 3. The lowest BCUT2D eigenvalue weighted by atomic mass is 9.98. The number of carbonyl (C=O) groups excluding carboxylic acids is 2. The van der Waals surface area contributed by atoms with E-state index in [0.29, 0.717) is 13.0 Å². The molecule has 1 aromatic heterocycles. The third-order valence-electron chi connectivity index (χ3n) is 6.29. The van der Waals surface area contributed by atoms with Crippen molar-refractivity contribution in [3.63, 3.8) is 0 Å². The fourth-order valence-corrected chi connectivity index (χ4v) is 4.55. The quantitative estimate of drug-likeness (QED) is 0.623. The molecule has 0 saturated carbocycles. The van der Waals surface area contributed by atoms with Crippen LogP contribution in [0.1, 0.15) is 34.0 Å². The first-order valence-corrected chi connectivity index (χ1v) is 10.6. The minimum absolute atomic E-state index is 0.0874. The van der Waals surface area contributed by atoms with Gasteiger partial charge in [0, 0.05) is 19.5 Å². The summed E-state index contributed by atoms with van der Waals surface area (Å²) in [7, 11) is 1.56. The molecular weight excluding hydrogens is 424 g/mol. The molecule has 9 nitrogen and oxygen atoms in total. The number of aromatic nitrogens is 2. The van der Waals surface area contributed by atoms with Gasteiger partial charge in [0.05, 0.1) is 11.9 Å². The van der Waals surface area contributed by atoms with E-state index < -0.39 is 24.0 Å². The number of anilines is 1. The zero-order valence-electron chi connectivity index (χ0n) is 17.9. The first-order valence-electron chi connectivity index (χ1n) is 10.6. The monoisotopic (exact) mass is 446 g/mol. The number of carboxylic acids is 1. The molecule has 1 saturated heterocycles. The molecular formula is C24H22N4O5. The molecule has 1 aliphatic heterocycles. The molecule has 2 amide bonds. The van der Waals surface area contributed by atoms with Crippen molar-refractivity contribution >= 4 is 23.7 Å². The number of aliphatic carboxylic acids is 1. The van der Waals surface area contributed by atoms with Crippen molar-refractivity contribution in [3.8, 4) is 11.1 Å². The van der Waals surface area contributed by atoms with E-state index in [0.717, 1.165) is 22.3 Å². The molecule has 1 unspecified atom stereocenters. The lowest BCUT2D eigenvalue weighted by molar-refractivity contribution is -0.146. The van der Waals surface area contributed by atoms with Crippen LogP contribution in [-0.4, -0.2) is 57.0 Å². The summed E-state index contributed by atoms with van der Waals surface area (Å²) in [6.45, 7) is 0.474. The van der Waals surface area contributed by atoms with E-state index in [2.05, 4.69) is 22.5 Å². The van der Waals surface area contributed by atoms with Gasteiger partial charge in [-0.3, -0.25) is 14.8 Å². The van der Waals surface area contributed by atoms with E-state index in [4.69, 9.17) is 4.74 Å². The number of hydrogen-bond donors (Lipinski definition) is 2. The number of carboxylic acid groups (broad SMARTS) is 1. The van der Waals surface area contributed by atoms with Gasteiger partial charge in [-0.1, -0.05) is 48.5 Å². The Hall–Kier alpha value is -4.14. The molecule has 1 aliphatic carbocycles.